The number of hydrogen-bond acceptors (Lipinski definition) is 3. The van der Waals surface area contributed by atoms with Crippen molar-refractivity contribution in [3.63, 3.8) is 0 Å². The molecule has 9 aromatic rings. The fraction of sp³-hybridized carbons (Fsp3) is 0.0645. The van der Waals surface area contributed by atoms with Crippen molar-refractivity contribution in [2.75, 3.05) is 0 Å². The molecule has 0 atom stereocenters. The summed E-state index contributed by atoms with van der Waals surface area (Å²) in [6, 6.07) is 74.1. The van der Waals surface area contributed by atoms with Crippen LogP contribution in [0.2, 0.25) is 0 Å². The van der Waals surface area contributed by atoms with Gasteiger partial charge in [-0.05, 0) is 100 Å². The molecule has 1 heterocycles. The second-order valence-corrected chi connectivity index (χ2v) is 17.1. The molecule has 2 nitrogen and oxygen atoms in total. The lowest BCUT2D eigenvalue weighted by atomic mass is 10.00. The lowest BCUT2D eigenvalue weighted by molar-refractivity contribution is 1.45. The Hall–Kier alpha value is -7.72. The van der Waals surface area contributed by atoms with Crippen molar-refractivity contribution in [2.45, 2.75) is 27.7 Å². The third kappa shape index (κ3) is 10.6. The molecule has 8 aromatic carbocycles. The molecule has 9 rings (SSSR count). The molecule has 316 valence electrons. The number of fused-ring (bicyclic) bond motifs is 1. The minimum absolute atomic E-state index is 0.772. The number of allylic oxidation sites excluding steroid dienone is 2. The summed E-state index contributed by atoms with van der Waals surface area (Å²) in [6.07, 6.45) is 2.10. The maximum atomic E-state index is 5.30. The summed E-state index contributed by atoms with van der Waals surface area (Å²) in [5.74, 6) is 0. The number of hydrogen-bond donors (Lipinski definition) is 0. The first-order valence-corrected chi connectivity index (χ1v) is 22.8. The minimum Gasteiger partial charge on any atom is -0.253 e. The van der Waals surface area contributed by atoms with Crippen molar-refractivity contribution >= 4 is 49.8 Å². The molecular weight excluding hydrogens is 805 g/mol. The quantitative estimate of drug-likeness (QED) is 0.116. The zero-order valence-electron chi connectivity index (χ0n) is 37.5. The Balaban J connectivity index is 0.000000181. The van der Waals surface area contributed by atoms with E-state index < -0.39 is 0 Å². The number of aryl methyl sites for hydroxylation is 1. The van der Waals surface area contributed by atoms with Crippen molar-refractivity contribution in [1.29, 1.82) is 0 Å². The molecule has 0 bridgehead atoms. The molecule has 1 aromatic heterocycles. The van der Waals surface area contributed by atoms with Gasteiger partial charge in [0.25, 0.3) is 0 Å². The molecule has 0 amide bonds. The second-order valence-electron chi connectivity index (χ2n) is 16.0. The highest BCUT2D eigenvalue weighted by molar-refractivity contribution is 7.21. The molecule has 0 N–H and O–H groups in total. The van der Waals surface area contributed by atoms with E-state index in [4.69, 9.17) is 9.98 Å². The monoisotopic (exact) mass is 856 g/mol. The van der Waals surface area contributed by atoms with Gasteiger partial charge in [-0.1, -0.05) is 231 Å². The van der Waals surface area contributed by atoms with E-state index in [1.54, 1.807) is 0 Å². The number of nitrogens with zero attached hydrogens (tertiary/aromatic N) is 2. The Labute approximate surface area is 388 Å². The van der Waals surface area contributed by atoms with Crippen LogP contribution in [-0.2, 0) is 0 Å². The molecule has 65 heavy (non-hydrogen) atoms. The van der Waals surface area contributed by atoms with Gasteiger partial charge in [0.1, 0.15) is 0 Å². The first-order valence-electron chi connectivity index (χ1n) is 22.0. The summed E-state index contributed by atoms with van der Waals surface area (Å²) < 4.78 is 1.28. The van der Waals surface area contributed by atoms with E-state index in [-0.39, 0.29) is 0 Å². The Bertz CT molecular complexity index is 3130. The molecule has 0 aliphatic heterocycles. The van der Waals surface area contributed by atoms with Crippen LogP contribution in [0.15, 0.2) is 242 Å². The van der Waals surface area contributed by atoms with Crippen molar-refractivity contribution in [1.82, 2.24) is 0 Å². The van der Waals surface area contributed by atoms with E-state index in [1.807, 2.05) is 43.4 Å². The predicted octanol–water partition coefficient (Wildman–Crippen LogP) is 17.3. The van der Waals surface area contributed by atoms with E-state index in [2.05, 4.69) is 227 Å². The van der Waals surface area contributed by atoms with Crippen LogP contribution in [0.3, 0.4) is 0 Å². The average Bonchev–Trinajstić information content (AvgIpc) is 3.70. The van der Waals surface area contributed by atoms with E-state index >= 15 is 0 Å². The molecule has 0 fully saturated rings. The third-order valence-electron chi connectivity index (χ3n) is 11.5. The number of rotatable bonds is 11. The van der Waals surface area contributed by atoms with E-state index in [1.165, 1.54) is 53.9 Å². The molecule has 0 unspecified atom stereocenters. The van der Waals surface area contributed by atoms with Crippen LogP contribution in [0, 0.1) is 6.92 Å². The topological polar surface area (TPSA) is 24.7 Å². The van der Waals surface area contributed by atoms with Gasteiger partial charge in [-0.25, -0.2) is 4.99 Å². The van der Waals surface area contributed by atoms with Crippen molar-refractivity contribution < 1.29 is 0 Å². The van der Waals surface area contributed by atoms with Crippen molar-refractivity contribution in [2.24, 2.45) is 9.98 Å². The highest BCUT2D eigenvalue weighted by atomic mass is 32.1. The van der Waals surface area contributed by atoms with Crippen LogP contribution in [0.1, 0.15) is 59.0 Å². The summed E-state index contributed by atoms with van der Waals surface area (Å²) in [7, 11) is 0. The highest BCUT2D eigenvalue weighted by Crippen LogP contribution is 2.34. The molecule has 0 aliphatic rings. The van der Waals surface area contributed by atoms with Gasteiger partial charge in [0.15, 0.2) is 0 Å². The van der Waals surface area contributed by atoms with Crippen LogP contribution >= 0.6 is 11.3 Å². The average molecular weight is 857 g/mol. The van der Waals surface area contributed by atoms with Gasteiger partial charge in [-0.3, -0.25) is 4.99 Å². The zero-order valence-corrected chi connectivity index (χ0v) is 38.3. The second kappa shape index (κ2) is 20.6. The third-order valence-corrected chi connectivity index (χ3v) is 12.8. The van der Waals surface area contributed by atoms with Crippen LogP contribution in [0.5, 0.6) is 0 Å². The molecule has 0 aliphatic carbocycles. The van der Waals surface area contributed by atoms with E-state index in [0.29, 0.717) is 0 Å². The summed E-state index contributed by atoms with van der Waals surface area (Å²) in [4.78, 5) is 11.3. The predicted molar refractivity (Wildman–Crippen MR) is 284 cm³/mol. The number of benzene rings is 8. The van der Waals surface area contributed by atoms with Gasteiger partial charge in [0, 0.05) is 16.0 Å². The Morgan fingerprint density at radius 2 is 0.831 bits per heavy atom. The summed E-state index contributed by atoms with van der Waals surface area (Å²) >= 11 is 1.81. The Morgan fingerprint density at radius 3 is 1.29 bits per heavy atom. The van der Waals surface area contributed by atoms with Gasteiger partial charge in [-0.2, -0.15) is 0 Å². The van der Waals surface area contributed by atoms with Crippen molar-refractivity contribution in [3.8, 4) is 33.4 Å². The first kappa shape index (κ1) is 43.9. The Kier molecular flexibility index (Phi) is 13.9. The number of aliphatic imine (C=N–C) groups is 2. The summed E-state index contributed by atoms with van der Waals surface area (Å²) in [6.45, 7) is 16.6. The van der Waals surface area contributed by atoms with Gasteiger partial charge in [-0.15, -0.1) is 11.3 Å². The van der Waals surface area contributed by atoms with E-state index in [9.17, 15) is 0 Å². The van der Waals surface area contributed by atoms with Crippen LogP contribution in [0.4, 0.5) is 0 Å². The first-order chi connectivity index (χ1) is 31.7. The molecule has 0 saturated carbocycles. The maximum absolute atomic E-state index is 5.30. The molecule has 0 saturated heterocycles. The SMILES string of the molecule is C=C(C)c1ccc(C(=N/C(=C\C)c2ccc(-c3ccccc3)cc2)c2sc3ccccc3c2C)cc1.C=C(N=C(C)c1ccc(-c2ccccc2)cc1)c1ccc(-c2ccccc2)cc1. The Morgan fingerprint density at radius 1 is 0.431 bits per heavy atom. The fourth-order valence-electron chi connectivity index (χ4n) is 7.79. The minimum atomic E-state index is 0.772. The largest absolute Gasteiger partial charge is 0.253 e. The lowest BCUT2D eigenvalue weighted by Crippen LogP contribution is -2.04. The van der Waals surface area contributed by atoms with Crippen LogP contribution < -0.4 is 0 Å². The van der Waals surface area contributed by atoms with Gasteiger partial charge < -0.3 is 0 Å². The fourth-order valence-corrected chi connectivity index (χ4v) is 9.01. The molecule has 0 radical (unpaired) electrons. The standard InChI is InChI=1S/C34H29NS.C28H23N/c1-5-31(28-19-17-27(18-20-28)26-11-7-6-8-12-26)35-33(29-21-15-25(16-22-29)23(2)3)34-24(4)30-13-9-10-14-32(30)36-34;1-21(23-13-17-27(18-14-23)25-9-5-3-6-10-25)29-22(2)24-15-19-28(20-16-24)26-11-7-4-8-12-26/h5-22H,2H2,1,3-4H3;3-20H,1H2,2H3/b31-5-,35-33?;. The maximum Gasteiger partial charge on any atom is 0.0884 e. The smallest absolute Gasteiger partial charge is 0.0884 e. The highest BCUT2D eigenvalue weighted by Gasteiger charge is 2.17. The summed E-state index contributed by atoms with van der Waals surface area (Å²) in [5.41, 5.74) is 18.8. The molecular formula is C62H52N2S. The zero-order chi connectivity index (χ0) is 45.1. The normalized spacial score (nSPS) is 11.8. The van der Waals surface area contributed by atoms with Crippen LogP contribution in [-0.4, -0.2) is 11.4 Å². The van der Waals surface area contributed by atoms with E-state index in [0.717, 1.165) is 56.2 Å². The van der Waals surface area contributed by atoms with Crippen molar-refractivity contribution in [3.05, 3.63) is 270 Å². The summed E-state index contributed by atoms with van der Waals surface area (Å²) in [5, 5.41) is 1.29. The van der Waals surface area contributed by atoms with Gasteiger partial charge in [0.2, 0.25) is 0 Å². The van der Waals surface area contributed by atoms with Crippen LogP contribution in [0.25, 0.3) is 60.4 Å². The van der Waals surface area contributed by atoms with Gasteiger partial charge in [0.05, 0.1) is 22.0 Å². The van der Waals surface area contributed by atoms with Gasteiger partial charge >= 0.3 is 0 Å². The lowest BCUT2D eigenvalue weighted by Gasteiger charge is -2.11. The molecule has 0 spiro atoms. The molecule has 3 heteroatoms. The number of thiophene rings is 1.